The van der Waals surface area contributed by atoms with Gasteiger partial charge in [-0.1, -0.05) is 20.8 Å². The molecule has 7 rings (SSSR count). The van der Waals surface area contributed by atoms with E-state index in [-0.39, 0.29) is 28.9 Å². The second-order valence-corrected chi connectivity index (χ2v) is 16.2. The van der Waals surface area contributed by atoms with E-state index in [1.165, 1.54) is 31.2 Å². The monoisotopic (exact) mass is 629 g/mol. The number of fused-ring (bicyclic) bond motifs is 6. The summed E-state index contributed by atoms with van der Waals surface area (Å²) in [6.45, 7) is 9.48. The van der Waals surface area contributed by atoms with Crippen molar-refractivity contribution in [2.75, 3.05) is 18.4 Å². The average Bonchev–Trinajstić information content (AvgIpc) is 3.41. The summed E-state index contributed by atoms with van der Waals surface area (Å²) in [7, 11) is 0. The first-order chi connectivity index (χ1) is 22.2. The average molecular weight is 630 g/mol. The third kappa shape index (κ3) is 5.86. The predicted molar refractivity (Wildman–Crippen MR) is 179 cm³/mol. The first-order valence-electron chi connectivity index (χ1n) is 18.3. The van der Waals surface area contributed by atoms with E-state index < -0.39 is 0 Å². The number of nitrogens with one attached hydrogen (secondary N) is 1. The van der Waals surface area contributed by atoms with Gasteiger partial charge in [0.2, 0.25) is 11.9 Å². The van der Waals surface area contributed by atoms with Crippen molar-refractivity contribution in [3.8, 4) is 0 Å². The summed E-state index contributed by atoms with van der Waals surface area (Å²) >= 11 is 0. The predicted octanol–water partition coefficient (Wildman–Crippen LogP) is 5.82. The third-order valence-corrected chi connectivity index (χ3v) is 14.0. The Hall–Kier alpha value is -2.58. The normalized spacial score (nSPS) is 37.4. The minimum Gasteiger partial charge on any atom is -0.393 e. The van der Waals surface area contributed by atoms with Crippen LogP contribution in [0.25, 0.3) is 0 Å². The number of carbonyl (C=O) groups is 1. The number of carbonyl (C=O) groups excluding carboxylic acids is 1. The van der Waals surface area contributed by atoms with Crippen LogP contribution in [0.3, 0.4) is 0 Å². The van der Waals surface area contributed by atoms with Crippen LogP contribution in [0, 0.1) is 46.3 Å². The molecule has 5 aliphatic rings. The van der Waals surface area contributed by atoms with Crippen molar-refractivity contribution < 1.29 is 15.0 Å². The molecule has 3 N–H and O–H groups in total. The zero-order chi connectivity index (χ0) is 32.1. The molecule has 0 spiro atoms. The summed E-state index contributed by atoms with van der Waals surface area (Å²) < 4.78 is 0. The van der Waals surface area contributed by atoms with E-state index in [1.54, 1.807) is 0 Å². The molecule has 4 saturated carbocycles. The van der Waals surface area contributed by atoms with E-state index in [0.29, 0.717) is 61.0 Å². The van der Waals surface area contributed by atoms with E-state index in [9.17, 15) is 15.0 Å². The van der Waals surface area contributed by atoms with Crippen LogP contribution in [0.5, 0.6) is 0 Å². The zero-order valence-electron chi connectivity index (χ0n) is 28.2. The smallest absolute Gasteiger partial charge is 0.222 e. The molecule has 4 aliphatic carbocycles. The van der Waals surface area contributed by atoms with Crippen LogP contribution < -0.4 is 5.32 Å². The number of pyridine rings is 1. The van der Waals surface area contributed by atoms with Gasteiger partial charge in [-0.2, -0.15) is 0 Å². The Labute approximate surface area is 275 Å². The van der Waals surface area contributed by atoms with Crippen LogP contribution in [0.4, 0.5) is 5.95 Å². The lowest BCUT2D eigenvalue weighted by Crippen LogP contribution is -2.58. The molecule has 0 aromatic carbocycles. The molecule has 46 heavy (non-hydrogen) atoms. The fourth-order valence-electron chi connectivity index (χ4n) is 11.4. The molecule has 1 aliphatic heterocycles. The molecule has 2 aromatic rings. The van der Waals surface area contributed by atoms with Gasteiger partial charge in [-0.3, -0.25) is 9.78 Å². The van der Waals surface area contributed by atoms with Gasteiger partial charge in [0, 0.05) is 56.6 Å². The molecule has 10 atom stereocenters. The standard InChI is InChI=1S/C38H55N5O3/c1-24(29-5-6-30-35-31(9-15-38(29,30)3)37(2)14-8-28(44)20-27(37)21-33(35)45)4-7-34(46)43-19-13-32-26(23-43)22-41-36(42-32)40-18-12-25-10-16-39-17-11-25/h10-11,16-17,22,24,27-31,33,35,44-45H,4-9,12-15,18-21,23H2,1-3H3,(H,40,41,42)/t24-,27+,28-,29-,30+,31+,33+,35+,37+,38-/m1/s1. The van der Waals surface area contributed by atoms with Gasteiger partial charge in [0.1, 0.15) is 0 Å². The molecule has 0 bridgehead atoms. The fourth-order valence-corrected chi connectivity index (χ4v) is 11.4. The molecule has 0 unspecified atom stereocenters. The minimum atomic E-state index is -0.237. The highest BCUT2D eigenvalue weighted by Gasteiger charge is 2.62. The molecule has 0 saturated heterocycles. The van der Waals surface area contributed by atoms with E-state index in [4.69, 9.17) is 4.98 Å². The molecule has 3 heterocycles. The minimum absolute atomic E-state index is 0.188. The number of amides is 1. The van der Waals surface area contributed by atoms with Gasteiger partial charge in [-0.15, -0.1) is 0 Å². The highest BCUT2D eigenvalue weighted by molar-refractivity contribution is 5.76. The fraction of sp³-hybridized carbons (Fsp3) is 0.737. The first-order valence-corrected chi connectivity index (χ1v) is 18.3. The van der Waals surface area contributed by atoms with Gasteiger partial charge in [0.15, 0.2) is 0 Å². The highest BCUT2D eigenvalue weighted by Crippen LogP contribution is 2.68. The lowest BCUT2D eigenvalue weighted by atomic mass is 9.43. The lowest BCUT2D eigenvalue weighted by Gasteiger charge is -2.62. The molecule has 8 nitrogen and oxygen atoms in total. The van der Waals surface area contributed by atoms with Crippen LogP contribution in [0.2, 0.25) is 0 Å². The summed E-state index contributed by atoms with van der Waals surface area (Å²) in [6, 6.07) is 4.05. The maximum Gasteiger partial charge on any atom is 0.222 e. The van der Waals surface area contributed by atoms with Crippen molar-refractivity contribution in [3.63, 3.8) is 0 Å². The number of rotatable bonds is 8. The number of aliphatic hydroxyl groups is 2. The molecule has 4 fully saturated rings. The van der Waals surface area contributed by atoms with E-state index in [0.717, 1.165) is 62.7 Å². The van der Waals surface area contributed by atoms with Crippen LogP contribution >= 0.6 is 0 Å². The second-order valence-electron chi connectivity index (χ2n) is 16.2. The number of hydrogen-bond donors (Lipinski definition) is 3. The van der Waals surface area contributed by atoms with Gasteiger partial charge in [0.05, 0.1) is 17.9 Å². The molecule has 250 valence electrons. The Morgan fingerprint density at radius 1 is 1.07 bits per heavy atom. The van der Waals surface area contributed by atoms with Crippen LogP contribution in [-0.2, 0) is 24.2 Å². The van der Waals surface area contributed by atoms with Crippen LogP contribution in [0.15, 0.2) is 30.7 Å². The van der Waals surface area contributed by atoms with Gasteiger partial charge < -0.3 is 20.4 Å². The quantitative estimate of drug-likeness (QED) is 0.338. The van der Waals surface area contributed by atoms with Crippen LogP contribution in [0.1, 0.15) is 102 Å². The van der Waals surface area contributed by atoms with Crippen molar-refractivity contribution in [2.45, 2.75) is 117 Å². The number of anilines is 1. The molecule has 1 amide bonds. The van der Waals surface area contributed by atoms with Crippen molar-refractivity contribution in [2.24, 2.45) is 46.3 Å². The maximum absolute atomic E-state index is 13.5. The summed E-state index contributed by atoms with van der Waals surface area (Å²) in [5, 5.41) is 25.3. The molecular weight excluding hydrogens is 574 g/mol. The number of aliphatic hydroxyl groups excluding tert-OH is 2. The zero-order valence-corrected chi connectivity index (χ0v) is 28.2. The van der Waals surface area contributed by atoms with Gasteiger partial charge in [-0.05, 0) is 128 Å². The SMILES string of the molecule is C[C@H](CCC(=O)N1CCc2nc(NCCc3ccncc3)ncc2C1)[C@H]1CC[C@H]2[C@@H]3[C@@H](O)C[C@@H]4C[C@H](O)CC[C@]4(C)[C@H]3CC[C@]12C. The van der Waals surface area contributed by atoms with Crippen molar-refractivity contribution in [1.29, 1.82) is 0 Å². The number of aromatic nitrogens is 3. The number of hydrogen-bond acceptors (Lipinski definition) is 7. The van der Waals surface area contributed by atoms with E-state index in [1.807, 2.05) is 35.6 Å². The van der Waals surface area contributed by atoms with E-state index in [2.05, 4.69) is 36.1 Å². The maximum atomic E-state index is 13.5. The van der Waals surface area contributed by atoms with E-state index >= 15 is 0 Å². The lowest BCUT2D eigenvalue weighted by molar-refractivity contribution is -0.174. The summed E-state index contributed by atoms with van der Waals surface area (Å²) in [5.41, 5.74) is 3.85. The summed E-state index contributed by atoms with van der Waals surface area (Å²) in [5.74, 6) is 4.00. The molecule has 2 aromatic heterocycles. The molecular formula is C38H55N5O3. The Morgan fingerprint density at radius 2 is 1.85 bits per heavy atom. The summed E-state index contributed by atoms with van der Waals surface area (Å²) in [6.07, 6.45) is 16.9. The Bertz CT molecular complexity index is 1390. The molecule has 0 radical (unpaired) electrons. The first kappa shape index (κ1) is 32.0. The van der Waals surface area contributed by atoms with Crippen molar-refractivity contribution in [1.82, 2.24) is 19.9 Å². The number of nitrogens with zero attached hydrogens (tertiary/aromatic N) is 4. The van der Waals surface area contributed by atoms with Crippen LogP contribution in [-0.4, -0.2) is 61.3 Å². The van der Waals surface area contributed by atoms with Crippen molar-refractivity contribution >= 4 is 11.9 Å². The Morgan fingerprint density at radius 3 is 2.67 bits per heavy atom. The largest absolute Gasteiger partial charge is 0.393 e. The Kier molecular flexibility index (Phi) is 8.90. The third-order valence-electron chi connectivity index (χ3n) is 14.0. The van der Waals surface area contributed by atoms with Gasteiger partial charge in [0.25, 0.3) is 0 Å². The molecule has 8 heteroatoms. The van der Waals surface area contributed by atoms with Crippen molar-refractivity contribution in [3.05, 3.63) is 47.5 Å². The van der Waals surface area contributed by atoms with Gasteiger partial charge in [-0.25, -0.2) is 9.97 Å². The topological polar surface area (TPSA) is 111 Å². The van der Waals surface area contributed by atoms with Gasteiger partial charge >= 0.3 is 0 Å². The second kappa shape index (κ2) is 12.8. The Balaban J connectivity index is 0.922. The highest BCUT2D eigenvalue weighted by atomic mass is 16.3. The summed E-state index contributed by atoms with van der Waals surface area (Å²) in [4.78, 5) is 28.9.